The third-order valence-corrected chi connectivity index (χ3v) is 8.64. The molecule has 3 aliphatic rings. The van der Waals surface area contributed by atoms with Gasteiger partial charge in [-0.25, -0.2) is 4.79 Å². The summed E-state index contributed by atoms with van der Waals surface area (Å²) in [6.07, 6.45) is -3.07. The third-order valence-electron chi connectivity index (χ3n) is 6.97. The van der Waals surface area contributed by atoms with Crippen LogP contribution in [-0.4, -0.2) is 90.3 Å². The summed E-state index contributed by atoms with van der Waals surface area (Å²) < 4.78 is 3.78. The topological polar surface area (TPSA) is 188 Å². The zero-order valence-electron chi connectivity index (χ0n) is 18.4. The van der Waals surface area contributed by atoms with Crippen LogP contribution in [0.3, 0.4) is 0 Å². The molecule has 8 unspecified atom stereocenters. The van der Waals surface area contributed by atoms with Crippen LogP contribution < -0.4 is 5.32 Å². The average Bonchev–Trinajstić information content (AvgIpc) is 2.71. The summed E-state index contributed by atoms with van der Waals surface area (Å²) in [4.78, 5) is 62.0. The number of carboxylic acids is 2. The molecular formula is C21H29NO10S. The molecule has 12 heteroatoms. The maximum Gasteiger partial charge on any atom is 0.327 e. The van der Waals surface area contributed by atoms with Gasteiger partial charge in [-0.15, -0.1) is 11.8 Å². The van der Waals surface area contributed by atoms with E-state index >= 15 is 0 Å². The lowest BCUT2D eigenvalue weighted by Gasteiger charge is -2.59. The number of aliphatic hydroxyl groups excluding tert-OH is 1. The van der Waals surface area contributed by atoms with Gasteiger partial charge in [-0.2, -0.15) is 0 Å². The van der Waals surface area contributed by atoms with E-state index in [2.05, 4.69) is 5.32 Å². The van der Waals surface area contributed by atoms with Crippen molar-refractivity contribution in [3.8, 4) is 0 Å². The van der Waals surface area contributed by atoms with E-state index in [-0.39, 0.29) is 12.2 Å². The van der Waals surface area contributed by atoms with Gasteiger partial charge in [-0.05, 0) is 26.2 Å². The van der Waals surface area contributed by atoms with Crippen LogP contribution in [0.2, 0.25) is 0 Å². The number of ether oxygens (including phenoxy) is 1. The average molecular weight is 488 g/mol. The quantitative estimate of drug-likeness (QED) is 0.307. The Labute approximate surface area is 194 Å². The summed E-state index contributed by atoms with van der Waals surface area (Å²) in [6, 6.07) is -1.40. The van der Waals surface area contributed by atoms with E-state index < -0.39 is 82.4 Å². The second kappa shape index (κ2) is 9.32. The fourth-order valence-electron chi connectivity index (χ4n) is 5.51. The Hall–Kier alpha value is -2.02. The van der Waals surface area contributed by atoms with Crippen LogP contribution in [0.1, 0.15) is 46.0 Å². The van der Waals surface area contributed by atoms with E-state index in [0.29, 0.717) is 19.3 Å². The lowest BCUT2D eigenvalue weighted by atomic mass is 9.55. The molecule has 0 spiro atoms. The normalized spacial score (nSPS) is 39.2. The standard InChI is InChI=1S/C21H29NO10S/c1-9-21(31)18(28)16-12(4-3-5-14(16)24)17(27)20(21,7-11(32-9)6-15(25)26)33-8-13(19(29)30)22-10(2)23/h9,11-14,16,24,31H,3-8H2,1-2H3,(H,22,23)(H,25,26)(H,29,30). The van der Waals surface area contributed by atoms with Crippen LogP contribution >= 0.6 is 11.8 Å². The van der Waals surface area contributed by atoms with Crippen molar-refractivity contribution in [3.05, 3.63) is 0 Å². The molecule has 1 aliphatic heterocycles. The van der Waals surface area contributed by atoms with Crippen molar-refractivity contribution >= 4 is 41.2 Å². The van der Waals surface area contributed by atoms with Crippen molar-refractivity contribution in [1.29, 1.82) is 0 Å². The number of thioether (sulfide) groups is 1. The van der Waals surface area contributed by atoms with E-state index in [1.807, 2.05) is 0 Å². The number of aliphatic carboxylic acids is 2. The number of carbonyl (C=O) groups is 5. The number of nitrogens with one attached hydrogen (secondary N) is 1. The van der Waals surface area contributed by atoms with Crippen LogP contribution in [0, 0.1) is 11.8 Å². The Kier molecular flexibility index (Phi) is 7.23. The van der Waals surface area contributed by atoms with E-state index in [9.17, 15) is 44.4 Å². The SMILES string of the molecule is CC(=O)NC(CSC12CC(CC(=O)O)OC(C)C1(O)C(=O)C1C(O)CCCC1C2=O)C(=O)O. The minimum absolute atomic E-state index is 0.302. The van der Waals surface area contributed by atoms with Gasteiger partial charge in [0.2, 0.25) is 5.91 Å². The number of fused-ring (bicyclic) bond motifs is 2. The summed E-state index contributed by atoms with van der Waals surface area (Å²) in [5, 5.41) is 43.3. The molecule has 2 aliphatic carbocycles. The number of ketones is 2. The predicted molar refractivity (Wildman–Crippen MR) is 113 cm³/mol. The van der Waals surface area contributed by atoms with Crippen LogP contribution in [0.5, 0.6) is 0 Å². The first kappa shape index (κ1) is 25.6. The molecule has 1 saturated heterocycles. The van der Waals surface area contributed by atoms with Gasteiger partial charge in [0.25, 0.3) is 0 Å². The highest BCUT2D eigenvalue weighted by Gasteiger charge is 2.73. The molecule has 1 amide bonds. The van der Waals surface area contributed by atoms with Crippen LogP contribution in [-0.2, 0) is 28.7 Å². The molecule has 1 heterocycles. The van der Waals surface area contributed by atoms with Gasteiger partial charge in [-0.1, -0.05) is 6.42 Å². The number of aliphatic hydroxyl groups is 2. The first-order valence-electron chi connectivity index (χ1n) is 10.8. The molecule has 0 radical (unpaired) electrons. The maximum absolute atomic E-state index is 13.9. The van der Waals surface area contributed by atoms with Gasteiger partial charge in [0.15, 0.2) is 17.2 Å². The largest absolute Gasteiger partial charge is 0.481 e. The molecule has 184 valence electrons. The molecule has 33 heavy (non-hydrogen) atoms. The predicted octanol–water partition coefficient (Wildman–Crippen LogP) is -0.640. The molecule has 8 atom stereocenters. The Bertz CT molecular complexity index is 864. The Morgan fingerprint density at radius 3 is 2.45 bits per heavy atom. The Morgan fingerprint density at radius 1 is 1.21 bits per heavy atom. The second-order valence-electron chi connectivity index (χ2n) is 9.06. The molecule has 3 fully saturated rings. The van der Waals surface area contributed by atoms with Gasteiger partial charge in [-0.3, -0.25) is 19.2 Å². The summed E-state index contributed by atoms with van der Waals surface area (Å²) in [5.74, 6) is -6.77. The summed E-state index contributed by atoms with van der Waals surface area (Å²) in [6.45, 7) is 2.50. The zero-order valence-corrected chi connectivity index (χ0v) is 19.2. The maximum atomic E-state index is 13.9. The van der Waals surface area contributed by atoms with Crippen molar-refractivity contribution in [3.63, 3.8) is 0 Å². The van der Waals surface area contributed by atoms with Crippen molar-refractivity contribution in [2.24, 2.45) is 11.8 Å². The van der Waals surface area contributed by atoms with E-state index in [1.54, 1.807) is 0 Å². The van der Waals surface area contributed by atoms with Crippen LogP contribution in [0.25, 0.3) is 0 Å². The monoisotopic (exact) mass is 487 g/mol. The Balaban J connectivity index is 2.07. The summed E-state index contributed by atoms with van der Waals surface area (Å²) in [5.41, 5.74) is -2.40. The Morgan fingerprint density at radius 2 is 1.88 bits per heavy atom. The minimum Gasteiger partial charge on any atom is -0.481 e. The molecule has 0 aromatic rings. The van der Waals surface area contributed by atoms with Gasteiger partial charge in [0, 0.05) is 18.6 Å². The van der Waals surface area contributed by atoms with E-state index in [4.69, 9.17) is 4.74 Å². The van der Waals surface area contributed by atoms with Gasteiger partial charge in [0.05, 0.1) is 30.7 Å². The van der Waals surface area contributed by atoms with E-state index in [1.165, 1.54) is 6.92 Å². The van der Waals surface area contributed by atoms with Crippen molar-refractivity contribution in [2.45, 2.75) is 80.7 Å². The summed E-state index contributed by atoms with van der Waals surface area (Å²) >= 11 is 0.739. The number of hydrogen-bond donors (Lipinski definition) is 5. The summed E-state index contributed by atoms with van der Waals surface area (Å²) in [7, 11) is 0. The first-order valence-corrected chi connectivity index (χ1v) is 11.8. The van der Waals surface area contributed by atoms with Gasteiger partial charge < -0.3 is 30.5 Å². The van der Waals surface area contributed by atoms with Gasteiger partial charge in [0.1, 0.15) is 10.8 Å². The smallest absolute Gasteiger partial charge is 0.327 e. The molecule has 2 saturated carbocycles. The molecule has 0 aromatic heterocycles. The molecule has 11 nitrogen and oxygen atoms in total. The number of amides is 1. The molecule has 5 N–H and O–H groups in total. The number of Topliss-reactive ketones (excluding diaryl/α,β-unsaturated/α-hetero) is 2. The highest BCUT2D eigenvalue weighted by Crippen LogP contribution is 2.57. The number of carbonyl (C=O) groups excluding carboxylic acids is 3. The highest BCUT2D eigenvalue weighted by molar-refractivity contribution is 8.01. The van der Waals surface area contributed by atoms with Crippen molar-refractivity contribution < 1.29 is 49.1 Å². The van der Waals surface area contributed by atoms with E-state index in [0.717, 1.165) is 18.7 Å². The minimum atomic E-state index is -2.40. The fourth-order valence-corrected chi connectivity index (χ4v) is 7.27. The zero-order chi connectivity index (χ0) is 24.7. The molecule has 0 bridgehead atoms. The second-order valence-corrected chi connectivity index (χ2v) is 10.4. The van der Waals surface area contributed by atoms with Crippen molar-refractivity contribution in [2.75, 3.05) is 5.75 Å². The van der Waals surface area contributed by atoms with Gasteiger partial charge >= 0.3 is 11.9 Å². The first-order chi connectivity index (χ1) is 15.3. The fraction of sp³-hybridized carbons (Fsp3) is 0.762. The van der Waals surface area contributed by atoms with Crippen LogP contribution in [0.4, 0.5) is 0 Å². The third kappa shape index (κ3) is 4.29. The number of rotatable bonds is 7. The lowest BCUT2D eigenvalue weighted by Crippen LogP contribution is -2.78. The number of hydrogen-bond acceptors (Lipinski definition) is 9. The molecule has 0 aromatic carbocycles. The lowest BCUT2D eigenvalue weighted by molar-refractivity contribution is -0.214. The van der Waals surface area contributed by atoms with Crippen LogP contribution in [0.15, 0.2) is 0 Å². The van der Waals surface area contributed by atoms with Crippen molar-refractivity contribution in [1.82, 2.24) is 5.32 Å². The highest BCUT2D eigenvalue weighted by atomic mass is 32.2. The molecular weight excluding hydrogens is 458 g/mol. The molecule has 3 rings (SSSR count). The number of carboxylic acid groups (broad SMARTS) is 2.